The maximum Gasteiger partial charge on any atom is 0.246 e. The molecule has 1 aromatic rings. The van der Waals surface area contributed by atoms with Crippen LogP contribution < -0.4 is 4.74 Å². The molecule has 0 fully saturated rings. The van der Waals surface area contributed by atoms with Crippen molar-refractivity contribution in [3.63, 3.8) is 0 Å². The van der Waals surface area contributed by atoms with Gasteiger partial charge in [-0.05, 0) is 28.1 Å². The van der Waals surface area contributed by atoms with Gasteiger partial charge in [-0.1, -0.05) is 11.6 Å². The second-order valence-corrected chi connectivity index (χ2v) is 7.42. The van der Waals surface area contributed by atoms with E-state index in [1.165, 1.54) is 24.6 Å². The maximum atomic E-state index is 12.8. The minimum atomic E-state index is -3.87. The van der Waals surface area contributed by atoms with Crippen molar-refractivity contribution in [3.8, 4) is 11.8 Å². The molecule has 0 saturated heterocycles. The normalized spacial score (nSPS) is 11.5. The average molecular weight is 412 g/mol. The summed E-state index contributed by atoms with van der Waals surface area (Å²) in [5.41, 5.74) is 0. The summed E-state index contributed by atoms with van der Waals surface area (Å²) in [5.74, 6) is 0.170. The first-order valence-electron chi connectivity index (χ1n) is 6.27. The fourth-order valence-electron chi connectivity index (χ4n) is 1.79. The van der Waals surface area contributed by atoms with Crippen LogP contribution in [0.15, 0.2) is 21.5 Å². The Kier molecular flexibility index (Phi) is 7.59. The van der Waals surface area contributed by atoms with E-state index < -0.39 is 10.0 Å². The van der Waals surface area contributed by atoms with E-state index in [4.69, 9.17) is 26.3 Å². The number of benzene rings is 1. The lowest BCUT2D eigenvalue weighted by molar-refractivity contribution is 0.179. The summed E-state index contributed by atoms with van der Waals surface area (Å²) in [6.07, 6.45) is 0.0764. The van der Waals surface area contributed by atoms with Gasteiger partial charge in [0.2, 0.25) is 10.0 Å². The highest BCUT2D eigenvalue weighted by Crippen LogP contribution is 2.36. The van der Waals surface area contributed by atoms with E-state index in [1.54, 1.807) is 6.07 Å². The first-order valence-corrected chi connectivity index (χ1v) is 8.88. The van der Waals surface area contributed by atoms with Crippen LogP contribution >= 0.6 is 27.5 Å². The van der Waals surface area contributed by atoms with Crippen LogP contribution in [-0.4, -0.2) is 46.6 Å². The smallest absolute Gasteiger partial charge is 0.246 e. The van der Waals surface area contributed by atoms with Crippen LogP contribution in [0.2, 0.25) is 5.02 Å². The van der Waals surface area contributed by atoms with Gasteiger partial charge in [-0.3, -0.25) is 0 Å². The molecule has 6 nitrogen and oxygen atoms in total. The van der Waals surface area contributed by atoms with Crippen molar-refractivity contribution >= 4 is 37.6 Å². The Morgan fingerprint density at radius 3 is 2.59 bits per heavy atom. The molecule has 0 spiro atoms. The minimum absolute atomic E-state index is 0.0524. The lowest BCUT2D eigenvalue weighted by atomic mass is 10.3. The SMILES string of the molecule is COCCN(CCC#N)S(=O)(=O)c1cc(Cl)cc(Br)c1OC. The molecule has 9 heteroatoms. The molecule has 0 radical (unpaired) electrons. The molecular formula is C13H16BrClN2O4S. The third-order valence-corrected chi connectivity index (χ3v) is 5.53. The predicted octanol–water partition coefficient (Wildman–Crippen LogP) is 2.66. The third kappa shape index (κ3) is 4.57. The fourth-order valence-corrected chi connectivity index (χ4v) is 4.58. The molecule has 0 heterocycles. The molecule has 0 saturated carbocycles. The van der Waals surface area contributed by atoms with Crippen molar-refractivity contribution in [1.29, 1.82) is 5.26 Å². The summed E-state index contributed by atoms with van der Waals surface area (Å²) in [4.78, 5) is -0.0524. The quantitative estimate of drug-likeness (QED) is 0.657. The van der Waals surface area contributed by atoms with Crippen LogP contribution in [0, 0.1) is 11.3 Å². The molecular weight excluding hydrogens is 396 g/mol. The summed E-state index contributed by atoms with van der Waals surface area (Å²) in [6, 6.07) is 4.81. The van der Waals surface area contributed by atoms with Crippen molar-refractivity contribution in [2.45, 2.75) is 11.3 Å². The van der Waals surface area contributed by atoms with E-state index in [1.807, 2.05) is 6.07 Å². The zero-order chi connectivity index (χ0) is 16.8. The molecule has 0 atom stereocenters. The van der Waals surface area contributed by atoms with Gasteiger partial charge in [-0.25, -0.2) is 8.42 Å². The van der Waals surface area contributed by atoms with Crippen LogP contribution in [0.3, 0.4) is 0 Å². The van der Waals surface area contributed by atoms with Crippen molar-refractivity contribution in [2.75, 3.05) is 33.9 Å². The first kappa shape index (κ1) is 19.2. The zero-order valence-corrected chi connectivity index (χ0v) is 15.3. The van der Waals surface area contributed by atoms with Crippen LogP contribution in [0.1, 0.15) is 6.42 Å². The fraction of sp³-hybridized carbons (Fsp3) is 0.462. The number of halogens is 2. The molecule has 0 aliphatic heterocycles. The number of methoxy groups -OCH3 is 2. The Morgan fingerprint density at radius 1 is 1.36 bits per heavy atom. The lowest BCUT2D eigenvalue weighted by Crippen LogP contribution is -2.35. The number of nitrogens with zero attached hydrogens (tertiary/aromatic N) is 2. The maximum absolute atomic E-state index is 12.8. The van der Waals surface area contributed by atoms with Crippen LogP contribution in [0.5, 0.6) is 5.75 Å². The van der Waals surface area contributed by atoms with Gasteiger partial charge in [0.05, 0.1) is 24.3 Å². The molecule has 0 aliphatic carbocycles. The number of rotatable bonds is 8. The van der Waals surface area contributed by atoms with Crippen molar-refractivity contribution in [3.05, 3.63) is 21.6 Å². The molecule has 122 valence electrons. The van der Waals surface area contributed by atoms with E-state index in [2.05, 4.69) is 15.9 Å². The zero-order valence-electron chi connectivity index (χ0n) is 12.2. The Hall–Kier alpha value is -0.850. The highest BCUT2D eigenvalue weighted by Gasteiger charge is 2.29. The highest BCUT2D eigenvalue weighted by molar-refractivity contribution is 9.10. The van der Waals surface area contributed by atoms with Gasteiger partial charge in [-0.2, -0.15) is 9.57 Å². The molecule has 0 N–H and O–H groups in total. The van der Waals surface area contributed by atoms with E-state index in [9.17, 15) is 8.42 Å². The van der Waals surface area contributed by atoms with E-state index in [0.29, 0.717) is 4.47 Å². The van der Waals surface area contributed by atoms with Gasteiger partial charge in [0, 0.05) is 31.6 Å². The number of nitriles is 1. The molecule has 1 rings (SSSR count). The molecule has 22 heavy (non-hydrogen) atoms. The van der Waals surface area contributed by atoms with E-state index in [-0.39, 0.29) is 41.8 Å². The first-order chi connectivity index (χ1) is 10.4. The second kappa shape index (κ2) is 8.70. The number of sulfonamides is 1. The van der Waals surface area contributed by atoms with Crippen molar-refractivity contribution in [2.24, 2.45) is 0 Å². The van der Waals surface area contributed by atoms with Crippen molar-refractivity contribution < 1.29 is 17.9 Å². The Labute approximate surface area is 143 Å². The number of hydrogen-bond donors (Lipinski definition) is 0. The van der Waals surface area contributed by atoms with Crippen LogP contribution in [0.4, 0.5) is 0 Å². The molecule has 0 amide bonds. The standard InChI is InChI=1S/C13H16BrClN2O4S/c1-20-7-6-17(5-3-4-16)22(18,19)12-9-10(15)8-11(14)13(12)21-2/h8-9H,3,5-7H2,1-2H3. The summed E-state index contributed by atoms with van der Waals surface area (Å²) >= 11 is 9.19. The summed E-state index contributed by atoms with van der Waals surface area (Å²) in [7, 11) is -1.02. The molecule has 0 aliphatic rings. The summed E-state index contributed by atoms with van der Waals surface area (Å²) in [5, 5.41) is 8.97. The second-order valence-electron chi connectivity index (χ2n) is 4.22. The van der Waals surface area contributed by atoms with Gasteiger partial charge < -0.3 is 9.47 Å². The summed E-state index contributed by atoms with van der Waals surface area (Å²) in [6.45, 7) is 0.415. The van der Waals surface area contributed by atoms with E-state index in [0.717, 1.165) is 0 Å². The predicted molar refractivity (Wildman–Crippen MR) is 86.6 cm³/mol. The number of ether oxygens (including phenoxy) is 2. The molecule has 0 unspecified atom stereocenters. The highest BCUT2D eigenvalue weighted by atomic mass is 79.9. The van der Waals surface area contributed by atoms with Gasteiger partial charge in [0.15, 0.2) is 5.75 Å². The Bertz CT molecular complexity index is 661. The van der Waals surface area contributed by atoms with Gasteiger partial charge in [-0.15, -0.1) is 0 Å². The monoisotopic (exact) mass is 410 g/mol. The third-order valence-electron chi connectivity index (χ3n) is 2.81. The number of hydrogen-bond acceptors (Lipinski definition) is 5. The Balaban J connectivity index is 3.32. The molecule has 1 aromatic carbocycles. The minimum Gasteiger partial charge on any atom is -0.494 e. The van der Waals surface area contributed by atoms with Crippen molar-refractivity contribution in [1.82, 2.24) is 4.31 Å². The van der Waals surface area contributed by atoms with Gasteiger partial charge >= 0.3 is 0 Å². The average Bonchev–Trinajstić information content (AvgIpc) is 2.46. The lowest BCUT2D eigenvalue weighted by Gasteiger charge is -2.22. The van der Waals surface area contributed by atoms with Crippen LogP contribution in [-0.2, 0) is 14.8 Å². The molecule has 0 bridgehead atoms. The topological polar surface area (TPSA) is 79.6 Å². The largest absolute Gasteiger partial charge is 0.494 e. The van der Waals surface area contributed by atoms with Gasteiger partial charge in [0.1, 0.15) is 4.90 Å². The van der Waals surface area contributed by atoms with Gasteiger partial charge in [0.25, 0.3) is 0 Å². The summed E-state index contributed by atoms with van der Waals surface area (Å²) < 4.78 is 37.4. The Morgan fingerprint density at radius 2 is 2.05 bits per heavy atom. The van der Waals surface area contributed by atoms with E-state index >= 15 is 0 Å². The molecule has 0 aromatic heterocycles. The van der Waals surface area contributed by atoms with Crippen LogP contribution in [0.25, 0.3) is 0 Å².